The zero-order valence-electron chi connectivity index (χ0n) is 11.5. The van der Waals surface area contributed by atoms with Gasteiger partial charge in [0.05, 0.1) is 0 Å². The highest BCUT2D eigenvalue weighted by Gasteiger charge is 2.30. The van der Waals surface area contributed by atoms with Crippen molar-refractivity contribution in [2.75, 3.05) is 20.8 Å². The van der Waals surface area contributed by atoms with Crippen LogP contribution in [-0.2, 0) is 9.47 Å². The molecule has 0 aliphatic heterocycles. The number of ether oxygens (including phenoxy) is 2. The van der Waals surface area contributed by atoms with Crippen LogP contribution in [0.5, 0.6) is 0 Å². The number of aryl methyl sites for hydroxylation is 1. The molecule has 0 heterocycles. The van der Waals surface area contributed by atoms with E-state index in [4.69, 9.17) is 9.47 Å². The van der Waals surface area contributed by atoms with E-state index in [2.05, 4.69) is 36.5 Å². The Labute approximate surface area is 109 Å². The highest BCUT2D eigenvalue weighted by molar-refractivity contribution is 5.31. The Kier molecular flexibility index (Phi) is 4.75. The molecule has 1 aliphatic carbocycles. The van der Waals surface area contributed by atoms with Gasteiger partial charge >= 0.3 is 0 Å². The molecule has 1 saturated carbocycles. The smallest absolute Gasteiger partial charge is 0.169 e. The summed E-state index contributed by atoms with van der Waals surface area (Å²) < 4.78 is 10.3. The fraction of sp³-hybridized carbons (Fsp3) is 0.600. The zero-order chi connectivity index (χ0) is 13.0. The Morgan fingerprint density at radius 3 is 2.50 bits per heavy atom. The van der Waals surface area contributed by atoms with Gasteiger partial charge in [-0.25, -0.2) is 0 Å². The Bertz CT molecular complexity index is 371. The predicted molar refractivity (Wildman–Crippen MR) is 72.8 cm³/mol. The predicted octanol–water partition coefficient (Wildman–Crippen LogP) is 2.45. The van der Waals surface area contributed by atoms with Crippen LogP contribution in [0.15, 0.2) is 24.3 Å². The second kappa shape index (κ2) is 6.32. The lowest BCUT2D eigenvalue weighted by Gasteiger charge is -2.37. The monoisotopic (exact) mass is 249 g/mol. The molecule has 2 rings (SSSR count). The van der Waals surface area contributed by atoms with E-state index in [9.17, 15) is 0 Å². The summed E-state index contributed by atoms with van der Waals surface area (Å²) in [5.41, 5.74) is 2.91. The molecular formula is C15H23NO2. The highest BCUT2D eigenvalue weighted by atomic mass is 16.7. The van der Waals surface area contributed by atoms with Crippen molar-refractivity contribution in [3.8, 4) is 0 Å². The fourth-order valence-corrected chi connectivity index (χ4v) is 2.61. The van der Waals surface area contributed by atoms with E-state index in [1.807, 2.05) is 0 Å². The quantitative estimate of drug-likeness (QED) is 0.786. The van der Waals surface area contributed by atoms with E-state index in [1.54, 1.807) is 14.2 Å². The molecule has 1 aromatic rings. The van der Waals surface area contributed by atoms with Crippen LogP contribution in [0.1, 0.15) is 29.9 Å². The van der Waals surface area contributed by atoms with E-state index in [1.165, 1.54) is 24.0 Å². The zero-order valence-corrected chi connectivity index (χ0v) is 11.5. The molecule has 1 N–H and O–H groups in total. The van der Waals surface area contributed by atoms with Crippen LogP contribution in [0.3, 0.4) is 0 Å². The maximum Gasteiger partial charge on any atom is 0.169 e. The van der Waals surface area contributed by atoms with Crippen LogP contribution in [0.2, 0.25) is 0 Å². The molecule has 1 aromatic carbocycles. The van der Waals surface area contributed by atoms with Crippen LogP contribution >= 0.6 is 0 Å². The Balaban J connectivity index is 1.76. The first kappa shape index (κ1) is 13.5. The van der Waals surface area contributed by atoms with E-state index in [0.29, 0.717) is 12.0 Å². The molecule has 0 unspecified atom stereocenters. The molecule has 0 atom stereocenters. The molecule has 0 saturated heterocycles. The number of hydrogen-bond donors (Lipinski definition) is 1. The first-order valence-corrected chi connectivity index (χ1v) is 6.59. The van der Waals surface area contributed by atoms with Crippen molar-refractivity contribution >= 4 is 0 Å². The maximum atomic E-state index is 5.16. The topological polar surface area (TPSA) is 30.5 Å². The summed E-state index contributed by atoms with van der Waals surface area (Å²) in [6.07, 6.45) is 2.29. The average Bonchev–Trinajstić information content (AvgIpc) is 2.34. The SMILES string of the molecule is COC(CNC1CC(c2ccccc2C)C1)OC. The van der Waals surface area contributed by atoms with Crippen molar-refractivity contribution in [2.45, 2.75) is 38.0 Å². The van der Waals surface area contributed by atoms with Gasteiger partial charge in [-0.2, -0.15) is 0 Å². The molecule has 0 aromatic heterocycles. The van der Waals surface area contributed by atoms with Gasteiger partial charge in [0.15, 0.2) is 6.29 Å². The van der Waals surface area contributed by atoms with Crippen molar-refractivity contribution < 1.29 is 9.47 Å². The van der Waals surface area contributed by atoms with Crippen LogP contribution in [0.4, 0.5) is 0 Å². The highest BCUT2D eigenvalue weighted by Crippen LogP contribution is 2.38. The van der Waals surface area contributed by atoms with Crippen molar-refractivity contribution in [1.29, 1.82) is 0 Å². The summed E-state index contributed by atoms with van der Waals surface area (Å²) in [6.45, 7) is 2.96. The third kappa shape index (κ3) is 3.10. The molecule has 1 fully saturated rings. The van der Waals surface area contributed by atoms with E-state index >= 15 is 0 Å². The third-order valence-electron chi connectivity index (χ3n) is 3.87. The minimum Gasteiger partial charge on any atom is -0.355 e. The largest absolute Gasteiger partial charge is 0.355 e. The van der Waals surface area contributed by atoms with E-state index in [0.717, 1.165) is 6.54 Å². The summed E-state index contributed by atoms with van der Waals surface area (Å²) in [5, 5.41) is 3.49. The van der Waals surface area contributed by atoms with Gasteiger partial charge in [0.2, 0.25) is 0 Å². The Morgan fingerprint density at radius 2 is 1.89 bits per heavy atom. The number of hydrogen-bond acceptors (Lipinski definition) is 3. The van der Waals surface area contributed by atoms with Crippen LogP contribution in [0.25, 0.3) is 0 Å². The second-order valence-electron chi connectivity index (χ2n) is 5.03. The van der Waals surface area contributed by atoms with Gasteiger partial charge in [0.25, 0.3) is 0 Å². The Hall–Kier alpha value is -0.900. The average molecular weight is 249 g/mol. The summed E-state index contributed by atoms with van der Waals surface area (Å²) >= 11 is 0. The number of methoxy groups -OCH3 is 2. The first-order chi connectivity index (χ1) is 8.74. The van der Waals surface area contributed by atoms with Crippen molar-refractivity contribution in [2.24, 2.45) is 0 Å². The summed E-state index contributed by atoms with van der Waals surface area (Å²) in [4.78, 5) is 0. The van der Waals surface area contributed by atoms with Gasteiger partial charge < -0.3 is 14.8 Å². The van der Waals surface area contributed by atoms with E-state index < -0.39 is 0 Å². The van der Waals surface area contributed by atoms with Gasteiger partial charge in [-0.1, -0.05) is 24.3 Å². The van der Waals surface area contributed by atoms with E-state index in [-0.39, 0.29) is 6.29 Å². The normalized spacial score (nSPS) is 23.1. The lowest BCUT2D eigenvalue weighted by Crippen LogP contribution is -2.44. The van der Waals surface area contributed by atoms with Gasteiger partial charge in [-0.3, -0.25) is 0 Å². The molecule has 1 aliphatic rings. The molecule has 100 valence electrons. The van der Waals surface area contributed by atoms with Gasteiger partial charge in [-0.15, -0.1) is 0 Å². The summed E-state index contributed by atoms with van der Waals surface area (Å²) in [5.74, 6) is 0.715. The number of rotatable bonds is 6. The van der Waals surface area contributed by atoms with Gasteiger partial charge in [-0.05, 0) is 36.8 Å². The van der Waals surface area contributed by atoms with Crippen LogP contribution in [0, 0.1) is 6.92 Å². The molecule has 0 bridgehead atoms. The molecule has 3 nitrogen and oxygen atoms in total. The van der Waals surface area contributed by atoms with Crippen molar-refractivity contribution in [3.05, 3.63) is 35.4 Å². The lowest BCUT2D eigenvalue weighted by atomic mass is 9.74. The fourth-order valence-electron chi connectivity index (χ4n) is 2.61. The van der Waals surface area contributed by atoms with Gasteiger partial charge in [0.1, 0.15) is 0 Å². The lowest BCUT2D eigenvalue weighted by molar-refractivity contribution is -0.101. The molecular weight excluding hydrogens is 226 g/mol. The standard InChI is InChI=1S/C15H23NO2/c1-11-6-4-5-7-14(11)12-8-13(9-12)16-10-15(17-2)18-3/h4-7,12-13,15-16H,8-10H2,1-3H3. The summed E-state index contributed by atoms with van der Waals surface area (Å²) in [7, 11) is 3.35. The number of benzene rings is 1. The van der Waals surface area contributed by atoms with Gasteiger partial charge in [0, 0.05) is 26.8 Å². The molecule has 0 spiro atoms. The minimum absolute atomic E-state index is 0.137. The minimum atomic E-state index is -0.137. The number of nitrogens with one attached hydrogen (secondary N) is 1. The molecule has 0 radical (unpaired) electrons. The van der Waals surface area contributed by atoms with Crippen LogP contribution < -0.4 is 5.32 Å². The molecule has 18 heavy (non-hydrogen) atoms. The third-order valence-corrected chi connectivity index (χ3v) is 3.87. The second-order valence-corrected chi connectivity index (χ2v) is 5.03. The molecule has 3 heteroatoms. The Morgan fingerprint density at radius 1 is 1.22 bits per heavy atom. The molecule has 0 amide bonds. The van der Waals surface area contributed by atoms with Crippen molar-refractivity contribution in [3.63, 3.8) is 0 Å². The van der Waals surface area contributed by atoms with Crippen LogP contribution in [-0.4, -0.2) is 33.1 Å². The van der Waals surface area contributed by atoms with Crippen molar-refractivity contribution in [1.82, 2.24) is 5.32 Å². The maximum absolute atomic E-state index is 5.16. The first-order valence-electron chi connectivity index (χ1n) is 6.59. The summed E-state index contributed by atoms with van der Waals surface area (Å²) in [6, 6.07) is 9.29.